The lowest BCUT2D eigenvalue weighted by Gasteiger charge is -2.36. The van der Waals surface area contributed by atoms with Crippen LogP contribution < -0.4 is 32.8 Å². The van der Waals surface area contributed by atoms with Crippen molar-refractivity contribution < 1.29 is 69.7 Å². The van der Waals surface area contributed by atoms with Crippen molar-refractivity contribution in [2.24, 2.45) is 5.73 Å². The number of nitrogens with one attached hydrogen (secondary N) is 2. The first kappa shape index (κ1) is 96.6. The average molecular weight is 1720 g/mol. The van der Waals surface area contributed by atoms with E-state index in [1.165, 1.54) is 67.2 Å². The second kappa shape index (κ2) is 48.4. The molecule has 0 bridgehead atoms. The standard InChI is InChI=1S/C14H16BrN3O3S.C14H22N4O2.C14H17N3OS.C12H17N3OS.C10H16O5.C8H17O5P.C2H6N2S/c1-8-10-7-16-14(22(2,20)21)17-12(10)18(13(19)11(8)15)9-5-3-4-6-9;1-14(2,3)20-13(19)18-8-6-17(7-9-18)11-4-5-12(15)16-10-11;1-9-7-12(18)17(10-5-3-4-6-10)13-11(9)8-15-14(16-13)19-2;1-8(16)10-7-13-12(17-2)15-11(10)14-9-5-3-4-6-9;1-4-13-7-8(9(11)14-5-2)10(12)15-6-3;1-4-11-8(9)7-14(10,12-5-2)13-6-3;1-5-2(3)4/h7,9H,3-6H2,1-2H3;4-5,10H,6-9H2,1-3H3,(H2,15,16);7-8,10H,3-6H2,1-2H3;7,9H,3-6H2,1-2H3,(H,13,14,15);7H,4-6H2,1-3H3;4-7H2,1-3H3;1H3,(H3,3,4). The molecule has 6 N–H and O–H groups in total. The van der Waals surface area contributed by atoms with Crippen LogP contribution in [0.5, 0.6) is 0 Å². The number of halogens is 1. The molecular weight excluding hydrogens is 1610 g/mol. The number of piperazine rings is 1. The first-order valence-electron chi connectivity index (χ1n) is 37.0. The lowest BCUT2D eigenvalue weighted by atomic mass is 10.1. The third kappa shape index (κ3) is 31.2. The van der Waals surface area contributed by atoms with Crippen molar-refractivity contribution >= 4 is 143 Å². The quantitative estimate of drug-likeness (QED) is 0.00399. The number of anilines is 3. The number of aryl methyl sites for hydroxylation is 2. The molecule has 0 aromatic carbocycles. The Balaban J connectivity index is 0.000000282. The zero-order valence-corrected chi connectivity index (χ0v) is 72.8. The van der Waals surface area contributed by atoms with Gasteiger partial charge < -0.3 is 59.3 Å². The smallest absolute Gasteiger partial charge is 0.410 e. The number of carbonyl (C=O) groups is 5. The number of aromatic nitrogens is 9. The summed E-state index contributed by atoms with van der Waals surface area (Å²) in [4.78, 5) is 116. The molecule has 0 spiro atoms. The maximum absolute atomic E-state index is 12.7. The van der Waals surface area contributed by atoms with E-state index < -0.39 is 40.9 Å². The molecule has 1 amide bonds. The maximum atomic E-state index is 12.7. The fraction of sp³-hybridized carbons (Fsp3) is 0.581. The van der Waals surface area contributed by atoms with Crippen LogP contribution in [0.2, 0.25) is 0 Å². The lowest BCUT2D eigenvalue weighted by molar-refractivity contribution is -0.147. The number of fused-ring (bicyclic) bond motifs is 2. The van der Waals surface area contributed by atoms with Crippen LogP contribution in [-0.2, 0) is 61.5 Å². The summed E-state index contributed by atoms with van der Waals surface area (Å²) >= 11 is 7.59. The predicted molar refractivity (Wildman–Crippen MR) is 444 cm³/mol. The molecular formula is C74H111BrN15O17PS4. The van der Waals surface area contributed by atoms with E-state index in [4.69, 9.17) is 35.4 Å². The van der Waals surface area contributed by atoms with Gasteiger partial charge in [-0.1, -0.05) is 73.8 Å². The van der Waals surface area contributed by atoms with E-state index in [0.717, 1.165) is 110 Å². The van der Waals surface area contributed by atoms with Crippen molar-refractivity contribution in [2.75, 3.05) is 113 Å². The number of nitrogens with zero attached hydrogens (tertiary/aromatic N) is 11. The number of Topliss-reactive ketones (excluding diaryl/α,β-unsaturated/α-hetero) is 1. The molecule has 3 aliphatic carbocycles. The Morgan fingerprint density at radius 1 is 0.705 bits per heavy atom. The molecule has 0 atom stereocenters. The van der Waals surface area contributed by atoms with Crippen LogP contribution in [0.25, 0.3) is 22.1 Å². The number of rotatable bonds is 22. The molecule has 1 aliphatic heterocycles. The molecule has 0 unspecified atom stereocenters. The van der Waals surface area contributed by atoms with Crippen molar-refractivity contribution in [2.45, 2.75) is 199 Å². The number of thioether (sulfide) groups is 3. The molecule has 10 rings (SSSR count). The molecule has 1 saturated heterocycles. The lowest BCUT2D eigenvalue weighted by Crippen LogP contribution is -2.50. The highest BCUT2D eigenvalue weighted by molar-refractivity contribution is 9.10. The Morgan fingerprint density at radius 3 is 1.71 bits per heavy atom. The molecule has 112 heavy (non-hydrogen) atoms. The fourth-order valence-electron chi connectivity index (χ4n) is 11.6. The van der Waals surface area contributed by atoms with E-state index in [1.54, 1.807) is 95.6 Å². The average Bonchev–Trinajstić information content (AvgIpc) is 1.07. The number of esters is 3. The first-order valence-corrected chi connectivity index (χ1v) is 45.1. The largest absolute Gasteiger partial charge is 0.500 e. The van der Waals surface area contributed by atoms with Gasteiger partial charge >= 0.3 is 31.6 Å². The van der Waals surface area contributed by atoms with Crippen molar-refractivity contribution in [3.05, 3.63) is 96.7 Å². The molecule has 4 aliphatic rings. The van der Waals surface area contributed by atoms with Gasteiger partial charge in [0.25, 0.3) is 11.1 Å². The summed E-state index contributed by atoms with van der Waals surface area (Å²) in [5.74, 6) is -0.797. The minimum absolute atomic E-state index is 0.0122. The van der Waals surface area contributed by atoms with Crippen LogP contribution in [0.15, 0.2) is 84.4 Å². The number of hydrogen-bond donors (Lipinski definition) is 4. The van der Waals surface area contributed by atoms with E-state index >= 15 is 0 Å². The van der Waals surface area contributed by atoms with Gasteiger partial charge in [0.05, 0.1) is 61.6 Å². The molecule has 6 aromatic heterocycles. The molecule has 32 nitrogen and oxygen atoms in total. The molecule has 620 valence electrons. The normalized spacial score (nSPS) is 14.3. The number of ether oxygens (including phenoxy) is 5. The van der Waals surface area contributed by atoms with Gasteiger partial charge in [0.15, 0.2) is 26.8 Å². The first-order chi connectivity index (χ1) is 53.1. The molecule has 38 heteroatoms. The number of amides is 1. The second-order valence-corrected chi connectivity index (χ2v) is 33.5. The van der Waals surface area contributed by atoms with E-state index in [9.17, 15) is 46.5 Å². The summed E-state index contributed by atoms with van der Waals surface area (Å²) in [5, 5.41) is 12.9. The summed E-state index contributed by atoms with van der Waals surface area (Å²) in [7, 11) is -6.80. The highest BCUT2D eigenvalue weighted by Gasteiger charge is 2.31. The topological polar surface area (TPSA) is 430 Å². The van der Waals surface area contributed by atoms with Crippen molar-refractivity contribution in [3.8, 4) is 0 Å². The number of hydrogen-bond acceptors (Lipinski definition) is 31. The Bertz CT molecular complexity index is 4380. The van der Waals surface area contributed by atoms with Crippen molar-refractivity contribution in [3.63, 3.8) is 0 Å². The maximum Gasteiger partial charge on any atom is 0.410 e. The highest BCUT2D eigenvalue weighted by Crippen LogP contribution is 2.48. The van der Waals surface area contributed by atoms with Crippen LogP contribution in [0.1, 0.15) is 180 Å². The zero-order valence-electron chi connectivity index (χ0n) is 67.1. The van der Waals surface area contributed by atoms with Gasteiger partial charge in [-0.3, -0.25) is 38.3 Å². The van der Waals surface area contributed by atoms with Gasteiger partial charge in [0.1, 0.15) is 41.0 Å². The number of amidine groups is 1. The zero-order chi connectivity index (χ0) is 83.5. The van der Waals surface area contributed by atoms with Gasteiger partial charge in [0, 0.05) is 86.0 Å². The van der Waals surface area contributed by atoms with E-state index in [1.807, 2.05) is 57.0 Å². The summed E-state index contributed by atoms with van der Waals surface area (Å²) < 4.78 is 73.3. The molecule has 4 fully saturated rings. The van der Waals surface area contributed by atoms with Crippen LogP contribution in [0, 0.1) is 19.3 Å². The summed E-state index contributed by atoms with van der Waals surface area (Å²) in [5.41, 5.74) is 14.2. The molecule has 6 aromatic rings. The minimum Gasteiger partial charge on any atom is -0.500 e. The summed E-state index contributed by atoms with van der Waals surface area (Å²) in [6.07, 6.45) is 27.3. The van der Waals surface area contributed by atoms with Crippen LogP contribution in [-0.4, -0.2) is 201 Å². The Hall–Kier alpha value is -7.80. The number of nitrogens with two attached hydrogens (primary N) is 2. The van der Waals surface area contributed by atoms with Crippen LogP contribution in [0.4, 0.5) is 22.1 Å². The SMILES string of the molecule is CC(C)(C)OC(=O)N1CCN(c2ccc(N)nc2)CC1.CCOC(=O)CP(=O)(OCC)OCC.CCOC=C(C(=O)OCC)C(=O)OCC.CSC(=N)N.CSc1ncc(C(C)=O)c(NC2CCCC2)n1.CSc1ncc2c(C)cc(=O)n(C3CCCC3)c2n1.Cc1c(Br)c(=O)n(C2CCCC2)c2nc(S(C)(=O)=O)ncc12. The van der Waals surface area contributed by atoms with E-state index in [0.29, 0.717) is 69.6 Å². The van der Waals surface area contributed by atoms with Gasteiger partial charge in [-0.2, -0.15) is 4.98 Å². The number of ketones is 1. The third-order valence-corrected chi connectivity index (χ3v) is 22.2. The summed E-state index contributed by atoms with van der Waals surface area (Å²) in [6, 6.07) is 6.27. The van der Waals surface area contributed by atoms with Gasteiger partial charge in [-0.25, -0.2) is 52.7 Å². The number of pyridine rings is 3. The number of carbonyl (C=O) groups excluding carboxylic acids is 5. The number of sulfone groups is 1. The van der Waals surface area contributed by atoms with Crippen molar-refractivity contribution in [1.82, 2.24) is 48.9 Å². The van der Waals surface area contributed by atoms with Crippen LogP contribution >= 0.6 is 58.8 Å². The van der Waals surface area contributed by atoms with Gasteiger partial charge in [0.2, 0.25) is 15.0 Å². The van der Waals surface area contributed by atoms with E-state index in [2.05, 4.69) is 75.2 Å². The van der Waals surface area contributed by atoms with Crippen LogP contribution in [0.3, 0.4) is 0 Å². The summed E-state index contributed by atoms with van der Waals surface area (Å²) in [6.45, 7) is 25.4. The highest BCUT2D eigenvalue weighted by atomic mass is 79.9. The molecule has 3 saturated carbocycles. The van der Waals surface area contributed by atoms with Gasteiger partial charge in [-0.15, -0.1) is 0 Å². The third-order valence-electron chi connectivity index (χ3n) is 16.9. The second-order valence-electron chi connectivity index (χ2n) is 26.4. The van der Waals surface area contributed by atoms with Crippen molar-refractivity contribution in [1.29, 1.82) is 5.41 Å². The monoisotopic (exact) mass is 1720 g/mol. The number of nitrogen functional groups attached to an aromatic ring is 1. The molecule has 7 heterocycles. The Labute approximate surface area is 677 Å². The molecule has 0 radical (unpaired) electrons. The Morgan fingerprint density at radius 2 is 1.22 bits per heavy atom. The Kier molecular flexibility index (Phi) is 41.8. The van der Waals surface area contributed by atoms with Gasteiger partial charge in [-0.05, 0) is 180 Å². The fourth-order valence-corrected chi connectivity index (χ4v) is 14.7. The van der Waals surface area contributed by atoms with E-state index in [-0.39, 0.29) is 84.1 Å². The minimum atomic E-state index is -3.52. The predicted octanol–water partition coefficient (Wildman–Crippen LogP) is 12.9.